The van der Waals surface area contributed by atoms with Crippen LogP contribution in [0.5, 0.6) is 5.75 Å². The third kappa shape index (κ3) is 5.95. The van der Waals surface area contributed by atoms with Crippen molar-refractivity contribution in [3.05, 3.63) is 65.2 Å². The summed E-state index contributed by atoms with van der Waals surface area (Å²) in [4.78, 5) is 11.9. The van der Waals surface area contributed by atoms with Crippen molar-refractivity contribution in [3.63, 3.8) is 0 Å². The Labute approximate surface area is 143 Å². The van der Waals surface area contributed by atoms with Gasteiger partial charge in [0.2, 0.25) is 0 Å². The Balaban J connectivity index is 1.93. The van der Waals surface area contributed by atoms with Gasteiger partial charge >= 0.3 is 6.36 Å². The predicted octanol–water partition coefficient (Wildman–Crippen LogP) is 4.47. The van der Waals surface area contributed by atoms with Crippen LogP contribution < -0.4 is 10.2 Å². The van der Waals surface area contributed by atoms with Gasteiger partial charge in [-0.2, -0.15) is 5.10 Å². The van der Waals surface area contributed by atoms with E-state index in [1.807, 2.05) is 24.3 Å². The predicted molar refractivity (Wildman–Crippen MR) is 88.7 cm³/mol. The molecule has 0 aliphatic heterocycles. The summed E-state index contributed by atoms with van der Waals surface area (Å²) in [5, 5.41) is 3.84. The van der Waals surface area contributed by atoms with Crippen LogP contribution in [0.2, 0.25) is 0 Å². The molecule has 0 bridgehead atoms. The van der Waals surface area contributed by atoms with E-state index in [-0.39, 0.29) is 5.56 Å². The number of amides is 1. The number of rotatable bonds is 5. The highest BCUT2D eigenvalue weighted by Crippen LogP contribution is 2.22. The van der Waals surface area contributed by atoms with Crippen molar-refractivity contribution in [1.29, 1.82) is 0 Å². The molecule has 0 aromatic heterocycles. The summed E-state index contributed by atoms with van der Waals surface area (Å²) in [5.74, 6) is -0.499. The Morgan fingerprint density at radius 2 is 1.68 bits per heavy atom. The zero-order valence-electron chi connectivity index (χ0n) is 13.7. The van der Waals surface area contributed by atoms with E-state index in [0.717, 1.165) is 17.7 Å². The van der Waals surface area contributed by atoms with Crippen LogP contribution in [-0.2, 0) is 0 Å². The molecule has 0 saturated carbocycles. The third-order valence-electron chi connectivity index (χ3n) is 3.33. The standard InChI is InChI=1S/C18H17F3N2O2/c1-12(2)14-5-3-13(4-6-14)11-22-23-17(24)15-7-9-16(10-8-15)25-18(19,20)21/h3-12H,1-2H3,(H,23,24)/b22-11+. The lowest BCUT2D eigenvalue weighted by molar-refractivity contribution is -0.274. The first-order valence-corrected chi connectivity index (χ1v) is 7.54. The maximum atomic E-state index is 12.1. The van der Waals surface area contributed by atoms with Crippen LogP contribution in [0.3, 0.4) is 0 Å². The molecule has 25 heavy (non-hydrogen) atoms. The molecule has 4 nitrogen and oxygen atoms in total. The van der Waals surface area contributed by atoms with Gasteiger partial charge < -0.3 is 4.74 Å². The molecule has 2 aromatic rings. The molecular weight excluding hydrogens is 333 g/mol. The zero-order chi connectivity index (χ0) is 18.4. The molecular formula is C18H17F3N2O2. The quantitative estimate of drug-likeness (QED) is 0.639. The van der Waals surface area contributed by atoms with Crippen LogP contribution in [0.4, 0.5) is 13.2 Å². The van der Waals surface area contributed by atoms with Crippen LogP contribution in [0.25, 0.3) is 0 Å². The van der Waals surface area contributed by atoms with Gasteiger partial charge in [-0.25, -0.2) is 5.43 Å². The third-order valence-corrected chi connectivity index (χ3v) is 3.33. The number of benzene rings is 2. The summed E-state index contributed by atoms with van der Waals surface area (Å²) in [6.45, 7) is 4.18. The minimum atomic E-state index is -4.76. The Bertz CT molecular complexity index is 736. The number of carbonyl (C=O) groups excluding carboxylic acids is 1. The number of alkyl halides is 3. The number of hydrazone groups is 1. The van der Waals surface area contributed by atoms with E-state index >= 15 is 0 Å². The highest BCUT2D eigenvalue weighted by Gasteiger charge is 2.31. The summed E-state index contributed by atoms with van der Waals surface area (Å²) in [6, 6.07) is 12.3. The monoisotopic (exact) mass is 350 g/mol. The number of nitrogens with zero attached hydrogens (tertiary/aromatic N) is 1. The number of hydrogen-bond acceptors (Lipinski definition) is 3. The first-order chi connectivity index (χ1) is 11.7. The van der Waals surface area contributed by atoms with Gasteiger partial charge in [-0.3, -0.25) is 4.79 Å². The number of nitrogens with one attached hydrogen (secondary N) is 1. The van der Waals surface area contributed by atoms with Crippen molar-refractivity contribution in [2.75, 3.05) is 0 Å². The highest BCUT2D eigenvalue weighted by atomic mass is 19.4. The smallest absolute Gasteiger partial charge is 0.406 e. The second-order valence-electron chi connectivity index (χ2n) is 5.59. The van der Waals surface area contributed by atoms with Gasteiger partial charge in [0.15, 0.2) is 0 Å². The van der Waals surface area contributed by atoms with E-state index < -0.39 is 18.0 Å². The molecule has 0 heterocycles. The van der Waals surface area contributed by atoms with Crippen molar-refractivity contribution in [3.8, 4) is 5.75 Å². The molecule has 1 amide bonds. The molecule has 0 spiro atoms. The molecule has 132 valence electrons. The molecule has 2 rings (SSSR count). The molecule has 2 aromatic carbocycles. The normalized spacial score (nSPS) is 11.8. The SMILES string of the molecule is CC(C)c1ccc(/C=N/NC(=O)c2ccc(OC(F)(F)F)cc2)cc1. The fraction of sp³-hybridized carbons (Fsp3) is 0.222. The average Bonchev–Trinajstić information content (AvgIpc) is 2.54. The Kier molecular flexibility index (Phi) is 5.80. The van der Waals surface area contributed by atoms with Crippen molar-refractivity contribution in [2.24, 2.45) is 5.10 Å². The molecule has 0 aliphatic carbocycles. The molecule has 0 unspecified atom stereocenters. The van der Waals surface area contributed by atoms with Gasteiger partial charge in [-0.1, -0.05) is 38.1 Å². The summed E-state index contributed by atoms with van der Waals surface area (Å²) in [5.41, 5.74) is 4.50. The zero-order valence-corrected chi connectivity index (χ0v) is 13.7. The largest absolute Gasteiger partial charge is 0.573 e. The van der Waals surface area contributed by atoms with Crippen molar-refractivity contribution in [2.45, 2.75) is 26.1 Å². The van der Waals surface area contributed by atoms with E-state index in [4.69, 9.17) is 0 Å². The molecule has 0 fully saturated rings. The molecule has 0 radical (unpaired) electrons. The van der Waals surface area contributed by atoms with Gasteiger partial charge in [0.1, 0.15) is 5.75 Å². The fourth-order valence-electron chi connectivity index (χ4n) is 2.00. The van der Waals surface area contributed by atoms with Gasteiger partial charge in [0.25, 0.3) is 5.91 Å². The lowest BCUT2D eigenvalue weighted by atomic mass is 10.0. The van der Waals surface area contributed by atoms with Crippen LogP contribution in [-0.4, -0.2) is 18.5 Å². The van der Waals surface area contributed by atoms with E-state index in [0.29, 0.717) is 5.92 Å². The summed E-state index contributed by atoms with van der Waals surface area (Å²) in [7, 11) is 0. The lowest BCUT2D eigenvalue weighted by Crippen LogP contribution is -2.19. The molecule has 0 atom stereocenters. The van der Waals surface area contributed by atoms with E-state index in [9.17, 15) is 18.0 Å². The van der Waals surface area contributed by atoms with E-state index in [1.165, 1.54) is 23.9 Å². The van der Waals surface area contributed by atoms with Crippen LogP contribution in [0.1, 0.15) is 41.3 Å². The van der Waals surface area contributed by atoms with Crippen molar-refractivity contribution >= 4 is 12.1 Å². The van der Waals surface area contributed by atoms with Crippen LogP contribution in [0, 0.1) is 0 Å². The summed E-state index contributed by atoms with van der Waals surface area (Å²) >= 11 is 0. The second-order valence-corrected chi connectivity index (χ2v) is 5.59. The van der Waals surface area contributed by atoms with Gasteiger partial charge in [-0.15, -0.1) is 13.2 Å². The summed E-state index contributed by atoms with van der Waals surface area (Å²) < 4.78 is 40.0. The molecule has 0 aliphatic rings. The first kappa shape index (κ1) is 18.5. The van der Waals surface area contributed by atoms with Crippen LogP contribution in [0.15, 0.2) is 53.6 Å². The number of halogens is 3. The number of carbonyl (C=O) groups is 1. The average molecular weight is 350 g/mol. The maximum Gasteiger partial charge on any atom is 0.573 e. The minimum absolute atomic E-state index is 0.168. The topological polar surface area (TPSA) is 50.7 Å². The Morgan fingerprint density at radius 3 is 2.20 bits per heavy atom. The van der Waals surface area contributed by atoms with E-state index in [2.05, 4.69) is 29.1 Å². The minimum Gasteiger partial charge on any atom is -0.406 e. The van der Waals surface area contributed by atoms with Gasteiger partial charge in [0.05, 0.1) is 6.21 Å². The van der Waals surface area contributed by atoms with Crippen molar-refractivity contribution in [1.82, 2.24) is 5.43 Å². The number of hydrogen-bond donors (Lipinski definition) is 1. The Hall–Kier alpha value is -2.83. The van der Waals surface area contributed by atoms with E-state index in [1.54, 1.807) is 0 Å². The van der Waals surface area contributed by atoms with Crippen molar-refractivity contribution < 1.29 is 22.7 Å². The molecule has 0 saturated heterocycles. The van der Waals surface area contributed by atoms with Gasteiger partial charge in [0, 0.05) is 5.56 Å². The second kappa shape index (κ2) is 7.83. The molecule has 1 N–H and O–H groups in total. The van der Waals surface area contributed by atoms with Gasteiger partial charge in [-0.05, 0) is 41.3 Å². The lowest BCUT2D eigenvalue weighted by Gasteiger charge is -2.08. The number of ether oxygens (including phenoxy) is 1. The fourth-order valence-corrected chi connectivity index (χ4v) is 2.00. The maximum absolute atomic E-state index is 12.1. The summed E-state index contributed by atoms with van der Waals surface area (Å²) in [6.07, 6.45) is -3.28. The van der Waals surface area contributed by atoms with Crippen LogP contribution >= 0.6 is 0 Å². The first-order valence-electron chi connectivity index (χ1n) is 7.54. The highest BCUT2D eigenvalue weighted by molar-refractivity contribution is 5.95. The Morgan fingerprint density at radius 1 is 1.08 bits per heavy atom. The molecule has 7 heteroatoms.